The van der Waals surface area contributed by atoms with E-state index in [1.165, 1.54) is 24.3 Å². The van der Waals surface area contributed by atoms with E-state index in [-0.39, 0.29) is 22.9 Å². The predicted molar refractivity (Wildman–Crippen MR) is 145 cm³/mol. The Morgan fingerprint density at radius 1 is 1.00 bits per heavy atom. The highest BCUT2D eigenvalue weighted by atomic mass is 32.2. The molecule has 4 N–H and O–H groups in total. The van der Waals surface area contributed by atoms with Gasteiger partial charge in [-0.15, -0.1) is 11.3 Å². The van der Waals surface area contributed by atoms with E-state index >= 15 is 0 Å². The molecule has 2 amide bonds. The Balaban J connectivity index is 1.90. The molecule has 11 heteroatoms. The van der Waals surface area contributed by atoms with Gasteiger partial charge in [-0.3, -0.25) is 18.9 Å². The summed E-state index contributed by atoms with van der Waals surface area (Å²) in [7, 11) is -4.43. The van der Waals surface area contributed by atoms with Crippen LogP contribution < -0.4 is 15.4 Å². The van der Waals surface area contributed by atoms with Crippen molar-refractivity contribution in [3.8, 4) is 0 Å². The van der Waals surface area contributed by atoms with Crippen LogP contribution >= 0.6 is 11.3 Å². The summed E-state index contributed by atoms with van der Waals surface area (Å²) in [6, 6.07) is 14.6. The fourth-order valence-corrected chi connectivity index (χ4v) is 5.24. The molecule has 0 bridgehead atoms. The molecule has 9 nitrogen and oxygen atoms in total. The van der Waals surface area contributed by atoms with Gasteiger partial charge >= 0.3 is 10.3 Å². The third-order valence-corrected chi connectivity index (χ3v) is 6.95. The number of benzene rings is 2. The van der Waals surface area contributed by atoms with E-state index < -0.39 is 22.4 Å². The monoisotopic (exact) mass is 544 g/mol. The van der Waals surface area contributed by atoms with Crippen LogP contribution in [0.1, 0.15) is 55.6 Å². The normalized spacial score (nSPS) is 13.4. The topological polar surface area (TPSA) is 137 Å². The van der Waals surface area contributed by atoms with Crippen LogP contribution in [0.2, 0.25) is 0 Å². The molecule has 3 aromatic rings. The van der Waals surface area contributed by atoms with Gasteiger partial charge in [0.25, 0.3) is 0 Å². The number of carbonyl (C=O) groups excluding carboxylic acids is 2. The maximum absolute atomic E-state index is 13.4. The molecule has 0 aliphatic heterocycles. The van der Waals surface area contributed by atoms with Crippen molar-refractivity contribution in [2.75, 3.05) is 4.72 Å². The number of amides is 2. The van der Waals surface area contributed by atoms with Crippen LogP contribution in [-0.4, -0.2) is 35.8 Å². The second-order valence-corrected chi connectivity index (χ2v) is 11.9. The van der Waals surface area contributed by atoms with E-state index in [0.717, 1.165) is 11.3 Å². The number of nitrogens with zero attached hydrogens (tertiary/aromatic N) is 1. The first-order valence-corrected chi connectivity index (χ1v) is 14.0. The van der Waals surface area contributed by atoms with Crippen LogP contribution in [0.5, 0.6) is 0 Å². The average molecular weight is 545 g/mol. The average Bonchev–Trinajstić information content (AvgIpc) is 3.29. The number of carbonyl (C=O) groups is 2. The minimum atomic E-state index is -4.43. The summed E-state index contributed by atoms with van der Waals surface area (Å²) in [5.41, 5.74) is 2.51. The molecular formula is C26H32N4O5S2. The zero-order valence-corrected chi connectivity index (χ0v) is 22.8. The Morgan fingerprint density at radius 2 is 1.68 bits per heavy atom. The van der Waals surface area contributed by atoms with Crippen molar-refractivity contribution in [2.45, 2.75) is 58.0 Å². The quantitative estimate of drug-likeness (QED) is 0.287. The van der Waals surface area contributed by atoms with Gasteiger partial charge in [-0.2, -0.15) is 8.42 Å². The minimum Gasteiger partial charge on any atom is -0.345 e. The van der Waals surface area contributed by atoms with E-state index in [0.29, 0.717) is 23.4 Å². The Bertz CT molecular complexity index is 1330. The zero-order chi connectivity index (χ0) is 27.2. The molecule has 3 rings (SSSR count). The first-order chi connectivity index (χ1) is 17.3. The Morgan fingerprint density at radius 3 is 2.27 bits per heavy atom. The van der Waals surface area contributed by atoms with Gasteiger partial charge in [-0.05, 0) is 29.7 Å². The SMILES string of the molecule is CC(=O)NC(Cc1ccccc1)C(=O)NC(Cc1cccc(NS(=O)(=O)O)c1)c1nc(C(C)(C)C)cs1. The van der Waals surface area contributed by atoms with E-state index in [4.69, 9.17) is 9.54 Å². The molecule has 2 atom stereocenters. The van der Waals surface area contributed by atoms with Gasteiger partial charge in [0.1, 0.15) is 11.0 Å². The van der Waals surface area contributed by atoms with Crippen molar-refractivity contribution in [2.24, 2.45) is 0 Å². The molecular weight excluding hydrogens is 512 g/mol. The highest BCUT2D eigenvalue weighted by Gasteiger charge is 2.27. The third-order valence-electron chi connectivity index (χ3n) is 5.50. The van der Waals surface area contributed by atoms with Crippen molar-refractivity contribution in [3.05, 3.63) is 81.8 Å². The number of hydrogen-bond donors (Lipinski definition) is 4. The second-order valence-electron chi connectivity index (χ2n) is 9.81. The smallest absolute Gasteiger partial charge is 0.345 e. The van der Waals surface area contributed by atoms with E-state index in [1.807, 2.05) is 40.4 Å². The lowest BCUT2D eigenvalue weighted by Crippen LogP contribution is -2.48. The van der Waals surface area contributed by atoms with Crippen LogP contribution in [0.25, 0.3) is 0 Å². The van der Waals surface area contributed by atoms with E-state index in [1.54, 1.807) is 18.2 Å². The largest absolute Gasteiger partial charge is 0.357 e. The van der Waals surface area contributed by atoms with Crippen LogP contribution in [0, 0.1) is 0 Å². The number of nitrogens with one attached hydrogen (secondary N) is 3. The van der Waals surface area contributed by atoms with Crippen molar-refractivity contribution in [3.63, 3.8) is 0 Å². The van der Waals surface area contributed by atoms with Crippen LogP contribution in [0.15, 0.2) is 60.0 Å². The molecule has 1 heterocycles. The van der Waals surface area contributed by atoms with Crippen LogP contribution in [0.4, 0.5) is 5.69 Å². The molecule has 0 fully saturated rings. The summed E-state index contributed by atoms with van der Waals surface area (Å²) in [5, 5.41) is 8.43. The standard InChI is InChI=1S/C26H32N4O5S2/c1-17(31)27-21(14-18-9-6-5-7-10-18)24(32)28-22(25-29-23(16-36-25)26(2,3)4)15-19-11-8-12-20(13-19)30-37(33,34)35/h5-13,16,21-22,30H,14-15H2,1-4H3,(H,27,31)(H,28,32)(H,33,34,35). The molecule has 0 aliphatic carbocycles. The third kappa shape index (κ3) is 8.96. The number of anilines is 1. The Labute approximate surface area is 221 Å². The first-order valence-electron chi connectivity index (χ1n) is 11.7. The van der Waals surface area contributed by atoms with Crippen LogP contribution in [0.3, 0.4) is 0 Å². The Hall–Kier alpha value is -3.28. The summed E-state index contributed by atoms with van der Waals surface area (Å²) in [6.07, 6.45) is 0.625. The molecule has 0 aliphatic rings. The highest BCUT2D eigenvalue weighted by molar-refractivity contribution is 7.87. The van der Waals surface area contributed by atoms with Gasteiger partial charge in [0.05, 0.1) is 17.4 Å². The lowest BCUT2D eigenvalue weighted by molar-refractivity contribution is -0.128. The van der Waals surface area contributed by atoms with Crippen molar-refractivity contribution < 1.29 is 22.6 Å². The molecule has 198 valence electrons. The lowest BCUT2D eigenvalue weighted by atomic mass is 9.93. The number of thiazole rings is 1. The van der Waals surface area contributed by atoms with Crippen molar-refractivity contribution in [1.29, 1.82) is 0 Å². The minimum absolute atomic E-state index is 0.186. The van der Waals surface area contributed by atoms with Gasteiger partial charge in [0.15, 0.2) is 0 Å². The maximum atomic E-state index is 13.4. The molecule has 37 heavy (non-hydrogen) atoms. The van der Waals surface area contributed by atoms with Gasteiger partial charge in [-0.25, -0.2) is 4.98 Å². The number of aromatic nitrogens is 1. The Kier molecular flexibility index (Phi) is 9.06. The van der Waals surface area contributed by atoms with E-state index in [9.17, 15) is 18.0 Å². The summed E-state index contributed by atoms with van der Waals surface area (Å²) >= 11 is 1.42. The molecule has 0 spiro atoms. The van der Waals surface area contributed by atoms with E-state index in [2.05, 4.69) is 31.4 Å². The number of rotatable bonds is 10. The lowest BCUT2D eigenvalue weighted by Gasteiger charge is -2.23. The fraction of sp³-hybridized carbons (Fsp3) is 0.346. The summed E-state index contributed by atoms with van der Waals surface area (Å²) in [6.45, 7) is 7.52. The van der Waals surface area contributed by atoms with Crippen LogP contribution in [-0.2, 0) is 38.1 Å². The summed E-state index contributed by atoms with van der Waals surface area (Å²) < 4.78 is 33.7. The second kappa shape index (κ2) is 11.8. The van der Waals surface area contributed by atoms with Crippen molar-refractivity contribution in [1.82, 2.24) is 15.6 Å². The predicted octanol–water partition coefficient (Wildman–Crippen LogP) is 3.80. The summed E-state index contributed by atoms with van der Waals surface area (Å²) in [5.74, 6) is -0.676. The zero-order valence-electron chi connectivity index (χ0n) is 21.2. The molecule has 2 unspecified atom stereocenters. The molecule has 0 saturated heterocycles. The fourth-order valence-electron chi connectivity index (χ4n) is 3.72. The van der Waals surface area contributed by atoms with Crippen molar-refractivity contribution >= 4 is 39.1 Å². The van der Waals surface area contributed by atoms with Gasteiger partial charge in [-0.1, -0.05) is 63.2 Å². The van der Waals surface area contributed by atoms with Gasteiger partial charge in [0.2, 0.25) is 11.8 Å². The molecule has 1 aromatic heterocycles. The molecule has 0 radical (unpaired) electrons. The summed E-state index contributed by atoms with van der Waals surface area (Å²) in [4.78, 5) is 30.1. The van der Waals surface area contributed by atoms with Gasteiger partial charge in [0, 0.05) is 24.1 Å². The number of hydrogen-bond acceptors (Lipinski definition) is 6. The highest BCUT2D eigenvalue weighted by Crippen LogP contribution is 2.29. The maximum Gasteiger partial charge on any atom is 0.357 e. The van der Waals surface area contributed by atoms with Gasteiger partial charge < -0.3 is 10.6 Å². The molecule has 0 saturated carbocycles. The first kappa shape index (κ1) is 28.3. The molecule has 2 aromatic carbocycles.